The number of methoxy groups -OCH3 is 1. The zero-order chi connectivity index (χ0) is 74.6. The standard InChI is InChI=1S/C82H159N3O16S/c1-8-14-20-26-32-38-41-47-53-59-70(95-62-56-50-44-35-29-23-17-11-4)65-75(87)83-73(81(90)94-7)69-98-82-79(85-77(89)67-72(61-55-49-43-40-34-28-22-16-10-3)97-64-58-52-46-37-31-25-19-13-6)78(80(74(68-86)99-82)100-101-102(91,92)93)84-76(88)66-71(60-54-48-42-39-33-27-21-15-9-2)96-63-57-51-45-36-30-24-18-12-5/h70-74,78-80,82,86H,8-69H2,1-7H3,(H,83,87)(H,84,88)(H,85,89)(H,91,92,93)/t70-,71-,72-,73+,74-,78+,79-,80-,82-/m1/s1. The van der Waals surface area contributed by atoms with Crippen molar-refractivity contribution < 1.29 is 74.9 Å². The van der Waals surface area contributed by atoms with Crippen LogP contribution in [0.5, 0.6) is 0 Å². The van der Waals surface area contributed by atoms with Gasteiger partial charge in [0.25, 0.3) is 0 Å². The third kappa shape index (κ3) is 56.7. The molecule has 9 atom stereocenters. The molecule has 0 aromatic carbocycles. The minimum Gasteiger partial charge on any atom is -0.467 e. The number of hydrogen-bond acceptors (Lipinski definition) is 15. The van der Waals surface area contributed by atoms with Gasteiger partial charge in [0, 0.05) is 19.8 Å². The molecule has 1 aliphatic rings. The maximum Gasteiger partial charge on any atom is 0.424 e. The van der Waals surface area contributed by atoms with Gasteiger partial charge in [-0.25, -0.2) is 9.68 Å². The molecule has 604 valence electrons. The predicted molar refractivity (Wildman–Crippen MR) is 413 cm³/mol. The summed E-state index contributed by atoms with van der Waals surface area (Å²) in [6, 6.07) is -4.30. The minimum atomic E-state index is -5.29. The third-order valence-electron chi connectivity index (χ3n) is 20.2. The molecular formula is C82H159N3O16S. The largest absolute Gasteiger partial charge is 0.467 e. The molecule has 1 aliphatic heterocycles. The highest BCUT2D eigenvalue weighted by molar-refractivity contribution is 7.80. The van der Waals surface area contributed by atoms with E-state index in [1.165, 1.54) is 200 Å². The second-order valence-corrected chi connectivity index (χ2v) is 30.8. The number of aliphatic hydroxyl groups excluding tert-OH is 1. The molecule has 1 saturated heterocycles. The van der Waals surface area contributed by atoms with E-state index in [0.29, 0.717) is 39.1 Å². The number of esters is 1. The van der Waals surface area contributed by atoms with Gasteiger partial charge in [-0.15, -0.1) is 0 Å². The molecule has 1 fully saturated rings. The summed E-state index contributed by atoms with van der Waals surface area (Å²) in [4.78, 5) is 63.3. The molecule has 20 heteroatoms. The first-order valence-electron chi connectivity index (χ1n) is 42.7. The van der Waals surface area contributed by atoms with Gasteiger partial charge in [-0.1, -0.05) is 354 Å². The zero-order valence-electron chi connectivity index (χ0n) is 66.6. The van der Waals surface area contributed by atoms with Gasteiger partial charge in [0.2, 0.25) is 17.7 Å². The van der Waals surface area contributed by atoms with Crippen molar-refractivity contribution in [3.63, 3.8) is 0 Å². The number of nitrogens with one attached hydrogen (secondary N) is 3. The number of rotatable bonds is 77. The van der Waals surface area contributed by atoms with Crippen LogP contribution in [0.3, 0.4) is 0 Å². The SMILES string of the molecule is CCCCCCCCCCC[C@H](CC(=O)N[C@H]1[C@H](OC[C@H](NC(=O)C[C@@H](CCCCCCCCCCC)OCCCCCCCCCC)C(=O)OC)O[C@H](CO)[C@@H](OOS(=O)(=O)O)[C@H]1NC(=O)C[C@@H](CCCCCCCCCCC)OCCCCCCCCCC)OCCCCCCCCCC. The Morgan fingerprint density at radius 2 is 0.686 bits per heavy atom. The number of amides is 3. The van der Waals surface area contributed by atoms with Crippen LogP contribution in [-0.4, -0.2) is 137 Å². The summed E-state index contributed by atoms with van der Waals surface area (Å²) in [6.07, 6.45) is 53.3. The average molecular weight is 1480 g/mol. The van der Waals surface area contributed by atoms with Crippen molar-refractivity contribution in [2.24, 2.45) is 0 Å². The minimum absolute atomic E-state index is 0.0160. The molecule has 102 heavy (non-hydrogen) atoms. The summed E-state index contributed by atoms with van der Waals surface area (Å²) in [6.45, 7) is 13.4. The molecule has 0 aromatic rings. The van der Waals surface area contributed by atoms with Crippen LogP contribution in [0, 0.1) is 0 Å². The van der Waals surface area contributed by atoms with Crippen LogP contribution in [0.1, 0.15) is 408 Å². The Balaban J connectivity index is 3.81. The van der Waals surface area contributed by atoms with Crippen molar-refractivity contribution in [3.05, 3.63) is 0 Å². The molecule has 5 N–H and O–H groups in total. The first kappa shape index (κ1) is 97.5. The lowest BCUT2D eigenvalue weighted by Gasteiger charge is -2.45. The first-order valence-corrected chi connectivity index (χ1v) is 44.1. The number of carbonyl (C=O) groups excluding carboxylic acids is 4. The highest BCUT2D eigenvalue weighted by atomic mass is 32.3. The first-order chi connectivity index (χ1) is 49.7. The molecule has 1 heterocycles. The van der Waals surface area contributed by atoms with Gasteiger partial charge in [-0.3, -0.25) is 18.9 Å². The highest BCUT2D eigenvalue weighted by Gasteiger charge is 2.50. The predicted octanol–water partition coefficient (Wildman–Crippen LogP) is 20.0. The Morgan fingerprint density at radius 3 is 0.980 bits per heavy atom. The average Bonchev–Trinajstić information content (AvgIpc) is 0.785. The lowest BCUT2D eigenvalue weighted by Crippen LogP contribution is -2.70. The maximum absolute atomic E-state index is 14.9. The Labute approximate surface area is 624 Å². The molecule has 0 unspecified atom stereocenters. The van der Waals surface area contributed by atoms with Gasteiger partial charge in [0.05, 0.1) is 63.9 Å². The van der Waals surface area contributed by atoms with Crippen molar-refractivity contribution in [1.29, 1.82) is 0 Å². The summed E-state index contributed by atoms with van der Waals surface area (Å²) in [5.74, 6) is -2.32. The summed E-state index contributed by atoms with van der Waals surface area (Å²) in [7, 11) is -4.09. The van der Waals surface area contributed by atoms with Gasteiger partial charge < -0.3 is 49.5 Å². The summed E-state index contributed by atoms with van der Waals surface area (Å²) in [5, 5.41) is 20.0. The lowest BCUT2D eigenvalue weighted by atomic mass is 9.93. The molecule has 0 saturated carbocycles. The van der Waals surface area contributed by atoms with Crippen LogP contribution in [0.25, 0.3) is 0 Å². The van der Waals surface area contributed by atoms with Crippen molar-refractivity contribution in [2.45, 2.75) is 462 Å². The zero-order valence-corrected chi connectivity index (χ0v) is 67.4. The molecule has 0 aromatic heterocycles. The van der Waals surface area contributed by atoms with E-state index in [0.717, 1.165) is 135 Å². The van der Waals surface area contributed by atoms with Crippen molar-refractivity contribution in [2.75, 3.05) is 40.1 Å². The highest BCUT2D eigenvalue weighted by Crippen LogP contribution is 2.28. The van der Waals surface area contributed by atoms with Gasteiger partial charge in [-0.05, 0) is 38.5 Å². The van der Waals surface area contributed by atoms with Crippen LogP contribution in [0.4, 0.5) is 0 Å². The van der Waals surface area contributed by atoms with Crippen LogP contribution in [-0.2, 0) is 67.2 Å². The lowest BCUT2D eigenvalue weighted by molar-refractivity contribution is -0.327. The maximum atomic E-state index is 14.9. The summed E-state index contributed by atoms with van der Waals surface area (Å²) in [5.41, 5.74) is 0. The summed E-state index contributed by atoms with van der Waals surface area (Å²) < 4.78 is 76.8. The van der Waals surface area contributed by atoms with E-state index in [1.54, 1.807) is 0 Å². The Morgan fingerprint density at radius 1 is 0.402 bits per heavy atom. The van der Waals surface area contributed by atoms with E-state index >= 15 is 0 Å². The van der Waals surface area contributed by atoms with Gasteiger partial charge in [0.15, 0.2) is 12.3 Å². The molecule has 0 aliphatic carbocycles. The third-order valence-corrected chi connectivity index (χ3v) is 20.5. The van der Waals surface area contributed by atoms with E-state index in [-0.39, 0.29) is 19.3 Å². The van der Waals surface area contributed by atoms with E-state index in [4.69, 9.17) is 33.3 Å². The Bertz CT molecular complexity index is 1960. The van der Waals surface area contributed by atoms with Crippen LogP contribution < -0.4 is 16.0 Å². The fourth-order valence-electron chi connectivity index (χ4n) is 13.9. The monoisotopic (exact) mass is 1470 g/mol. The topological polar surface area (TPSA) is 253 Å². The van der Waals surface area contributed by atoms with Gasteiger partial charge in [-0.2, -0.15) is 8.42 Å². The fourth-order valence-corrected chi connectivity index (χ4v) is 14.1. The fraction of sp³-hybridized carbons (Fsp3) is 0.951. The molecule has 0 radical (unpaired) electrons. The van der Waals surface area contributed by atoms with Gasteiger partial charge in [0.1, 0.15) is 18.2 Å². The number of carbonyl (C=O) groups is 4. The van der Waals surface area contributed by atoms with Gasteiger partial charge >= 0.3 is 16.4 Å². The van der Waals surface area contributed by atoms with Crippen molar-refractivity contribution in [3.8, 4) is 0 Å². The smallest absolute Gasteiger partial charge is 0.424 e. The molecule has 3 amide bonds. The van der Waals surface area contributed by atoms with Crippen LogP contribution in [0.2, 0.25) is 0 Å². The molecule has 0 bridgehead atoms. The second kappa shape index (κ2) is 70.2. The number of aliphatic hydroxyl groups is 1. The van der Waals surface area contributed by atoms with Crippen LogP contribution in [0.15, 0.2) is 0 Å². The normalized spacial score (nSPS) is 17.5. The summed E-state index contributed by atoms with van der Waals surface area (Å²) >= 11 is 0. The molecule has 1 rings (SSSR count). The number of ether oxygens (including phenoxy) is 6. The van der Waals surface area contributed by atoms with Crippen molar-refractivity contribution in [1.82, 2.24) is 16.0 Å². The molecular weight excluding hydrogens is 1310 g/mol. The molecule has 19 nitrogen and oxygen atoms in total. The molecule has 0 spiro atoms. The van der Waals surface area contributed by atoms with Crippen molar-refractivity contribution >= 4 is 34.1 Å². The van der Waals surface area contributed by atoms with E-state index in [9.17, 15) is 37.3 Å². The van der Waals surface area contributed by atoms with E-state index in [1.807, 2.05) is 0 Å². The Kier molecular flexibility index (Phi) is 67.1. The van der Waals surface area contributed by atoms with E-state index in [2.05, 4.69) is 61.8 Å². The number of hydrogen-bond donors (Lipinski definition) is 5. The van der Waals surface area contributed by atoms with E-state index < -0.39 is 102 Å². The quantitative estimate of drug-likeness (QED) is 0.0125. The van der Waals surface area contributed by atoms with Crippen LogP contribution >= 0.6 is 0 Å². The number of unbranched alkanes of at least 4 members (excludes halogenated alkanes) is 45. The Hall–Kier alpha value is -2.53. The second-order valence-electron chi connectivity index (χ2n) is 29.8.